The summed E-state index contributed by atoms with van der Waals surface area (Å²) in [7, 11) is 0. The van der Waals surface area contributed by atoms with Crippen LogP contribution in [0.25, 0.3) is 0 Å². The van der Waals surface area contributed by atoms with Crippen molar-refractivity contribution in [2.45, 2.75) is 19.4 Å². The lowest BCUT2D eigenvalue weighted by molar-refractivity contribution is -0.145. The molecule has 0 unspecified atom stereocenters. The van der Waals surface area contributed by atoms with Crippen molar-refractivity contribution >= 4 is 11.8 Å². The summed E-state index contributed by atoms with van der Waals surface area (Å²) < 4.78 is 13.2. The first kappa shape index (κ1) is 15.9. The second-order valence-corrected chi connectivity index (χ2v) is 6.33. The molecule has 0 spiro atoms. The number of benzene rings is 1. The second-order valence-electron chi connectivity index (χ2n) is 6.33. The summed E-state index contributed by atoms with van der Waals surface area (Å²) in [6, 6.07) is 6.26. The fourth-order valence-electron chi connectivity index (χ4n) is 2.76. The summed E-state index contributed by atoms with van der Waals surface area (Å²) in [5, 5.41) is 3.16. The van der Waals surface area contributed by atoms with Crippen molar-refractivity contribution in [2.75, 3.05) is 32.7 Å². The molecule has 2 amide bonds. The van der Waals surface area contributed by atoms with Crippen LogP contribution in [0.1, 0.15) is 18.4 Å². The fraction of sp³-hybridized carbons (Fsp3) is 0.529. The van der Waals surface area contributed by atoms with Gasteiger partial charge in [0.15, 0.2) is 0 Å². The Balaban J connectivity index is 1.46. The molecule has 1 saturated heterocycles. The Bertz CT molecular complexity index is 589. The number of amides is 2. The van der Waals surface area contributed by atoms with Gasteiger partial charge in [-0.05, 0) is 43.0 Å². The molecule has 6 heteroatoms. The van der Waals surface area contributed by atoms with Crippen molar-refractivity contribution in [2.24, 2.45) is 5.92 Å². The average molecular weight is 319 g/mol. The van der Waals surface area contributed by atoms with Gasteiger partial charge in [-0.15, -0.1) is 0 Å². The highest BCUT2D eigenvalue weighted by molar-refractivity contribution is 5.86. The van der Waals surface area contributed by atoms with Gasteiger partial charge in [-0.2, -0.15) is 0 Å². The first-order valence-corrected chi connectivity index (χ1v) is 8.12. The van der Waals surface area contributed by atoms with E-state index < -0.39 is 0 Å². The van der Waals surface area contributed by atoms with Crippen LogP contribution in [0, 0.1) is 11.7 Å². The predicted octanol–water partition coefficient (Wildman–Crippen LogP) is 0.996. The first-order valence-electron chi connectivity index (χ1n) is 8.12. The van der Waals surface area contributed by atoms with E-state index >= 15 is 0 Å². The SMILES string of the molecule is O=C(CNCC1CC1)N1CCN(Cc2cccc(F)c2)C(=O)C1. The lowest BCUT2D eigenvalue weighted by atomic mass is 10.2. The van der Waals surface area contributed by atoms with Crippen molar-refractivity contribution in [1.82, 2.24) is 15.1 Å². The summed E-state index contributed by atoms with van der Waals surface area (Å²) in [6.07, 6.45) is 2.50. The van der Waals surface area contributed by atoms with Crippen LogP contribution in [-0.2, 0) is 16.1 Å². The molecule has 0 bridgehead atoms. The summed E-state index contributed by atoms with van der Waals surface area (Å²) >= 11 is 0. The minimum absolute atomic E-state index is 0.0237. The van der Waals surface area contributed by atoms with Gasteiger partial charge in [0, 0.05) is 19.6 Å². The van der Waals surface area contributed by atoms with Gasteiger partial charge in [0.25, 0.3) is 0 Å². The molecular formula is C17H22FN3O2. The highest BCUT2D eigenvalue weighted by Crippen LogP contribution is 2.27. The number of carbonyl (C=O) groups is 2. The third-order valence-corrected chi connectivity index (χ3v) is 4.34. The number of rotatable bonds is 6. The van der Waals surface area contributed by atoms with E-state index in [0.717, 1.165) is 18.0 Å². The number of hydrogen-bond acceptors (Lipinski definition) is 3. The Hall–Kier alpha value is -1.95. The van der Waals surface area contributed by atoms with Crippen LogP contribution >= 0.6 is 0 Å². The number of halogens is 1. The molecule has 1 heterocycles. The Morgan fingerprint density at radius 2 is 2.13 bits per heavy atom. The maximum atomic E-state index is 13.2. The van der Waals surface area contributed by atoms with Gasteiger partial charge in [0.05, 0.1) is 13.1 Å². The van der Waals surface area contributed by atoms with E-state index in [0.29, 0.717) is 26.2 Å². The maximum Gasteiger partial charge on any atom is 0.242 e. The van der Waals surface area contributed by atoms with Gasteiger partial charge < -0.3 is 15.1 Å². The molecule has 0 atom stereocenters. The Morgan fingerprint density at radius 1 is 1.30 bits per heavy atom. The quantitative estimate of drug-likeness (QED) is 0.851. The third-order valence-electron chi connectivity index (χ3n) is 4.34. The zero-order valence-corrected chi connectivity index (χ0v) is 13.1. The molecule has 0 aromatic heterocycles. The fourth-order valence-corrected chi connectivity index (χ4v) is 2.76. The average Bonchev–Trinajstić information content (AvgIpc) is 3.33. The van der Waals surface area contributed by atoms with Crippen LogP contribution in [0.5, 0.6) is 0 Å². The predicted molar refractivity (Wildman–Crippen MR) is 84.0 cm³/mol. The standard InChI is InChI=1S/C17H22FN3O2/c18-15-3-1-2-14(8-15)11-20-6-7-21(12-17(20)23)16(22)10-19-9-13-4-5-13/h1-3,8,13,19H,4-7,9-12H2. The number of nitrogens with zero attached hydrogens (tertiary/aromatic N) is 2. The molecule has 1 N–H and O–H groups in total. The number of nitrogens with one attached hydrogen (secondary N) is 1. The smallest absolute Gasteiger partial charge is 0.242 e. The van der Waals surface area contributed by atoms with Crippen LogP contribution < -0.4 is 5.32 Å². The van der Waals surface area contributed by atoms with E-state index in [1.165, 1.54) is 25.0 Å². The van der Waals surface area contributed by atoms with Crippen LogP contribution in [0.4, 0.5) is 4.39 Å². The molecule has 1 aromatic rings. The van der Waals surface area contributed by atoms with Crippen LogP contribution in [0.15, 0.2) is 24.3 Å². The van der Waals surface area contributed by atoms with E-state index in [9.17, 15) is 14.0 Å². The van der Waals surface area contributed by atoms with E-state index in [-0.39, 0.29) is 24.2 Å². The Morgan fingerprint density at radius 3 is 2.83 bits per heavy atom. The van der Waals surface area contributed by atoms with E-state index in [1.54, 1.807) is 21.9 Å². The highest BCUT2D eigenvalue weighted by atomic mass is 19.1. The van der Waals surface area contributed by atoms with Gasteiger partial charge in [-0.1, -0.05) is 12.1 Å². The van der Waals surface area contributed by atoms with Crippen molar-refractivity contribution < 1.29 is 14.0 Å². The molecule has 2 fully saturated rings. The van der Waals surface area contributed by atoms with Crippen molar-refractivity contribution in [3.8, 4) is 0 Å². The van der Waals surface area contributed by atoms with Crippen LogP contribution in [0.3, 0.4) is 0 Å². The van der Waals surface area contributed by atoms with Crippen molar-refractivity contribution in [1.29, 1.82) is 0 Å². The minimum atomic E-state index is -0.300. The lowest BCUT2D eigenvalue weighted by Gasteiger charge is -2.34. The molecule has 5 nitrogen and oxygen atoms in total. The molecule has 1 aliphatic heterocycles. The van der Waals surface area contributed by atoms with Gasteiger partial charge in [-0.3, -0.25) is 9.59 Å². The van der Waals surface area contributed by atoms with E-state index in [2.05, 4.69) is 5.32 Å². The number of hydrogen-bond donors (Lipinski definition) is 1. The van der Waals surface area contributed by atoms with Crippen LogP contribution in [0.2, 0.25) is 0 Å². The second kappa shape index (κ2) is 7.08. The molecule has 23 heavy (non-hydrogen) atoms. The molecule has 1 aromatic carbocycles. The molecule has 0 radical (unpaired) electrons. The molecule has 3 rings (SSSR count). The molecular weight excluding hydrogens is 297 g/mol. The van der Waals surface area contributed by atoms with Gasteiger partial charge in [-0.25, -0.2) is 4.39 Å². The monoisotopic (exact) mass is 319 g/mol. The van der Waals surface area contributed by atoms with E-state index in [1.807, 2.05) is 0 Å². The zero-order valence-electron chi connectivity index (χ0n) is 13.1. The van der Waals surface area contributed by atoms with Gasteiger partial charge in [0.1, 0.15) is 5.82 Å². The maximum absolute atomic E-state index is 13.2. The Kier molecular flexibility index (Phi) is 4.91. The largest absolute Gasteiger partial charge is 0.335 e. The summed E-state index contributed by atoms with van der Waals surface area (Å²) in [6.45, 7) is 2.71. The topological polar surface area (TPSA) is 52.7 Å². The normalized spacial score (nSPS) is 18.4. The van der Waals surface area contributed by atoms with Crippen molar-refractivity contribution in [3.63, 3.8) is 0 Å². The Labute approximate surface area is 135 Å². The highest BCUT2D eigenvalue weighted by Gasteiger charge is 2.27. The molecule has 2 aliphatic rings. The summed E-state index contributed by atoms with van der Waals surface area (Å²) in [5.74, 6) is 0.318. The van der Waals surface area contributed by atoms with Gasteiger partial charge in [0.2, 0.25) is 11.8 Å². The molecule has 1 saturated carbocycles. The van der Waals surface area contributed by atoms with E-state index in [4.69, 9.17) is 0 Å². The number of piperazine rings is 1. The number of carbonyl (C=O) groups excluding carboxylic acids is 2. The third kappa shape index (κ3) is 4.51. The summed E-state index contributed by atoms with van der Waals surface area (Å²) in [5.41, 5.74) is 0.768. The zero-order chi connectivity index (χ0) is 16.2. The molecule has 1 aliphatic carbocycles. The first-order chi connectivity index (χ1) is 11.1. The van der Waals surface area contributed by atoms with Gasteiger partial charge >= 0.3 is 0 Å². The minimum Gasteiger partial charge on any atom is -0.335 e. The van der Waals surface area contributed by atoms with Crippen molar-refractivity contribution in [3.05, 3.63) is 35.6 Å². The lowest BCUT2D eigenvalue weighted by Crippen LogP contribution is -2.53. The van der Waals surface area contributed by atoms with Crippen LogP contribution in [-0.4, -0.2) is 54.3 Å². The summed E-state index contributed by atoms with van der Waals surface area (Å²) in [4.78, 5) is 27.6. The molecule has 124 valence electrons.